The average Bonchev–Trinajstić information content (AvgIpc) is 2.17. The number of hydrogen-bond acceptors (Lipinski definition) is 2. The molecule has 2 nitrogen and oxygen atoms in total. The lowest BCUT2D eigenvalue weighted by Gasteiger charge is -2.18. The third-order valence-electron chi connectivity index (χ3n) is 1.68. The molecule has 1 saturated heterocycles. The summed E-state index contributed by atoms with van der Waals surface area (Å²) in [6.07, 6.45) is 1.03. The Labute approximate surface area is 49.8 Å². The minimum absolute atomic E-state index is 0.0139. The lowest BCUT2D eigenvalue weighted by atomic mass is 10.1. The first-order valence-electron chi connectivity index (χ1n) is 2.90. The van der Waals surface area contributed by atoms with Crippen LogP contribution in [0.15, 0.2) is 0 Å². The van der Waals surface area contributed by atoms with Crippen molar-refractivity contribution < 1.29 is 9.47 Å². The zero-order valence-corrected chi connectivity index (χ0v) is 5.44. The molecule has 1 atom stereocenters. The molecule has 0 aromatic rings. The Hall–Kier alpha value is -0.0800. The SMILES string of the molecule is COC1(C)CCOC1. The highest BCUT2D eigenvalue weighted by atomic mass is 16.5. The van der Waals surface area contributed by atoms with Crippen LogP contribution in [0.4, 0.5) is 0 Å². The molecule has 8 heavy (non-hydrogen) atoms. The Kier molecular flexibility index (Phi) is 1.54. The van der Waals surface area contributed by atoms with E-state index in [1.165, 1.54) is 0 Å². The van der Waals surface area contributed by atoms with E-state index >= 15 is 0 Å². The molecule has 0 radical (unpaired) electrons. The van der Waals surface area contributed by atoms with E-state index in [4.69, 9.17) is 9.47 Å². The Morgan fingerprint density at radius 1 is 1.62 bits per heavy atom. The zero-order valence-electron chi connectivity index (χ0n) is 5.44. The second-order valence-corrected chi connectivity index (χ2v) is 2.46. The Balaban J connectivity index is 2.40. The Morgan fingerprint density at radius 2 is 2.38 bits per heavy atom. The normalized spacial score (nSPS) is 38.2. The van der Waals surface area contributed by atoms with Crippen LogP contribution >= 0.6 is 0 Å². The van der Waals surface area contributed by atoms with Crippen LogP contribution in [-0.2, 0) is 9.47 Å². The van der Waals surface area contributed by atoms with Crippen LogP contribution in [0.5, 0.6) is 0 Å². The van der Waals surface area contributed by atoms with E-state index in [1.807, 2.05) is 0 Å². The average molecular weight is 116 g/mol. The fourth-order valence-electron chi connectivity index (χ4n) is 0.809. The molecule has 2 heteroatoms. The molecular formula is C6H12O2. The number of ether oxygens (including phenoxy) is 2. The fraction of sp³-hybridized carbons (Fsp3) is 1.00. The molecule has 0 aromatic heterocycles. The van der Waals surface area contributed by atoms with Crippen molar-refractivity contribution in [1.29, 1.82) is 0 Å². The summed E-state index contributed by atoms with van der Waals surface area (Å²) >= 11 is 0. The topological polar surface area (TPSA) is 18.5 Å². The van der Waals surface area contributed by atoms with Crippen molar-refractivity contribution in [3.05, 3.63) is 0 Å². The molecule has 0 aromatic carbocycles. The van der Waals surface area contributed by atoms with Crippen molar-refractivity contribution in [2.24, 2.45) is 0 Å². The summed E-state index contributed by atoms with van der Waals surface area (Å²) in [6, 6.07) is 0. The molecule has 1 heterocycles. The summed E-state index contributed by atoms with van der Waals surface area (Å²) in [5, 5.41) is 0. The van der Waals surface area contributed by atoms with Gasteiger partial charge in [0.25, 0.3) is 0 Å². The third kappa shape index (κ3) is 1.01. The number of rotatable bonds is 1. The van der Waals surface area contributed by atoms with Gasteiger partial charge in [-0.25, -0.2) is 0 Å². The van der Waals surface area contributed by atoms with Crippen LogP contribution in [0.3, 0.4) is 0 Å². The van der Waals surface area contributed by atoms with Gasteiger partial charge in [0.15, 0.2) is 0 Å². The first-order chi connectivity index (χ1) is 3.77. The highest BCUT2D eigenvalue weighted by Gasteiger charge is 2.28. The van der Waals surface area contributed by atoms with Gasteiger partial charge < -0.3 is 9.47 Å². The molecule has 0 amide bonds. The van der Waals surface area contributed by atoms with Gasteiger partial charge >= 0.3 is 0 Å². The van der Waals surface area contributed by atoms with Crippen LogP contribution < -0.4 is 0 Å². The lowest BCUT2D eigenvalue weighted by molar-refractivity contribution is -0.00160. The smallest absolute Gasteiger partial charge is 0.0905 e. The monoisotopic (exact) mass is 116 g/mol. The maximum absolute atomic E-state index is 5.17. The molecule has 1 fully saturated rings. The van der Waals surface area contributed by atoms with Gasteiger partial charge in [-0.2, -0.15) is 0 Å². The van der Waals surface area contributed by atoms with Crippen molar-refractivity contribution in [2.75, 3.05) is 20.3 Å². The standard InChI is InChI=1S/C6H12O2/c1-6(7-2)3-4-8-5-6/h3-5H2,1-2H3. The van der Waals surface area contributed by atoms with Crippen molar-refractivity contribution in [1.82, 2.24) is 0 Å². The lowest BCUT2D eigenvalue weighted by Crippen LogP contribution is -2.26. The molecule has 48 valence electrons. The van der Waals surface area contributed by atoms with Crippen LogP contribution in [-0.4, -0.2) is 25.9 Å². The van der Waals surface area contributed by atoms with Crippen molar-refractivity contribution in [3.63, 3.8) is 0 Å². The van der Waals surface area contributed by atoms with E-state index in [9.17, 15) is 0 Å². The highest BCUT2D eigenvalue weighted by molar-refractivity contribution is 4.78. The fourth-order valence-corrected chi connectivity index (χ4v) is 0.809. The predicted octanol–water partition coefficient (Wildman–Crippen LogP) is 0.812. The zero-order chi connectivity index (χ0) is 6.04. The molecule has 0 aliphatic carbocycles. The Bertz CT molecular complexity index is 74.6. The molecule has 1 aliphatic heterocycles. The van der Waals surface area contributed by atoms with Crippen LogP contribution in [0.1, 0.15) is 13.3 Å². The molecule has 0 bridgehead atoms. The van der Waals surface area contributed by atoms with Crippen molar-refractivity contribution >= 4 is 0 Å². The number of hydrogen-bond donors (Lipinski definition) is 0. The van der Waals surface area contributed by atoms with Gasteiger partial charge in [-0.15, -0.1) is 0 Å². The second-order valence-electron chi connectivity index (χ2n) is 2.46. The van der Waals surface area contributed by atoms with E-state index < -0.39 is 0 Å². The molecular weight excluding hydrogens is 104 g/mol. The third-order valence-corrected chi connectivity index (χ3v) is 1.68. The maximum atomic E-state index is 5.17. The molecule has 1 aliphatic rings. The first-order valence-corrected chi connectivity index (χ1v) is 2.90. The molecule has 0 saturated carbocycles. The first kappa shape index (κ1) is 6.05. The van der Waals surface area contributed by atoms with Crippen LogP contribution in [0.25, 0.3) is 0 Å². The van der Waals surface area contributed by atoms with E-state index in [0.29, 0.717) is 0 Å². The summed E-state index contributed by atoms with van der Waals surface area (Å²) in [7, 11) is 1.73. The largest absolute Gasteiger partial charge is 0.378 e. The molecule has 0 spiro atoms. The van der Waals surface area contributed by atoms with Crippen molar-refractivity contribution in [2.45, 2.75) is 18.9 Å². The second kappa shape index (κ2) is 2.03. The van der Waals surface area contributed by atoms with E-state index in [1.54, 1.807) is 7.11 Å². The van der Waals surface area contributed by atoms with Gasteiger partial charge in [-0.3, -0.25) is 0 Å². The summed E-state index contributed by atoms with van der Waals surface area (Å²) in [6.45, 7) is 3.67. The highest BCUT2D eigenvalue weighted by Crippen LogP contribution is 2.20. The minimum Gasteiger partial charge on any atom is -0.378 e. The predicted molar refractivity (Wildman–Crippen MR) is 30.8 cm³/mol. The van der Waals surface area contributed by atoms with Gasteiger partial charge in [-0.05, 0) is 6.92 Å². The minimum atomic E-state index is 0.0139. The van der Waals surface area contributed by atoms with Gasteiger partial charge in [0.2, 0.25) is 0 Å². The number of methoxy groups -OCH3 is 1. The van der Waals surface area contributed by atoms with E-state index in [2.05, 4.69) is 6.92 Å². The molecule has 1 rings (SSSR count). The maximum Gasteiger partial charge on any atom is 0.0905 e. The van der Waals surface area contributed by atoms with Crippen molar-refractivity contribution in [3.8, 4) is 0 Å². The molecule has 1 unspecified atom stereocenters. The summed E-state index contributed by atoms with van der Waals surface area (Å²) < 4.78 is 10.3. The summed E-state index contributed by atoms with van der Waals surface area (Å²) in [4.78, 5) is 0. The van der Waals surface area contributed by atoms with E-state index in [-0.39, 0.29) is 5.60 Å². The van der Waals surface area contributed by atoms with Gasteiger partial charge in [0.1, 0.15) is 0 Å². The van der Waals surface area contributed by atoms with E-state index in [0.717, 1.165) is 19.6 Å². The quantitative estimate of drug-likeness (QED) is 0.504. The van der Waals surface area contributed by atoms with Gasteiger partial charge in [0, 0.05) is 20.1 Å². The van der Waals surface area contributed by atoms with Gasteiger partial charge in [0.05, 0.1) is 12.2 Å². The van der Waals surface area contributed by atoms with Gasteiger partial charge in [-0.1, -0.05) is 0 Å². The Morgan fingerprint density at radius 3 is 2.62 bits per heavy atom. The summed E-state index contributed by atoms with van der Waals surface area (Å²) in [5.41, 5.74) is 0.0139. The molecule has 0 N–H and O–H groups in total. The summed E-state index contributed by atoms with van der Waals surface area (Å²) in [5.74, 6) is 0. The van der Waals surface area contributed by atoms with Crippen LogP contribution in [0, 0.1) is 0 Å². The van der Waals surface area contributed by atoms with Crippen LogP contribution in [0.2, 0.25) is 0 Å².